The van der Waals surface area contributed by atoms with Crippen molar-refractivity contribution >= 4 is 17.4 Å². The Morgan fingerprint density at radius 2 is 1.87 bits per heavy atom. The number of nitrogen functional groups attached to an aromatic ring is 2. The number of carbonyl (C=O) groups is 1. The summed E-state index contributed by atoms with van der Waals surface area (Å²) in [4.78, 5) is 16.3. The molecule has 0 spiro atoms. The number of ketones is 1. The number of carbonyl (C=O) groups excluding carboxylic acids is 1. The Labute approximate surface area is 132 Å². The molecule has 0 aliphatic heterocycles. The number of hydrogen-bond donors (Lipinski definition) is 2. The lowest BCUT2D eigenvalue weighted by molar-refractivity contribution is 0.102. The molecule has 5 nitrogen and oxygen atoms in total. The van der Waals surface area contributed by atoms with Gasteiger partial charge in [0.15, 0.2) is 0 Å². The predicted molar refractivity (Wildman–Crippen MR) is 83.3 cm³/mol. The summed E-state index contributed by atoms with van der Waals surface area (Å²) in [6.45, 7) is 2.29. The Hall–Kier alpha value is -2.70. The topological polar surface area (TPSA) is 91.2 Å². The zero-order chi connectivity index (χ0) is 17.0. The molecule has 0 aliphatic rings. The molecule has 0 atom stereocenters. The number of ether oxygens (including phenoxy) is 1. The standard InChI is InChI=1S/C16H17F2N3O2/c1-2-3-7-23-11-8-12(19)21-16(20)14(11)15(22)13-9(17)5-4-6-10(13)18/h4-6,8H,2-3,7H2,1H3,(H4,19,20,21). The molecule has 2 rings (SSSR count). The van der Waals surface area contributed by atoms with E-state index in [9.17, 15) is 13.6 Å². The Bertz CT molecular complexity index is 715. The van der Waals surface area contributed by atoms with E-state index < -0.39 is 23.0 Å². The van der Waals surface area contributed by atoms with Gasteiger partial charge >= 0.3 is 0 Å². The second-order valence-electron chi connectivity index (χ2n) is 4.93. The molecule has 0 amide bonds. The minimum atomic E-state index is -0.981. The summed E-state index contributed by atoms with van der Waals surface area (Å²) in [6, 6.07) is 4.48. The molecule has 0 aliphatic carbocycles. The molecule has 0 fully saturated rings. The van der Waals surface area contributed by atoms with Crippen LogP contribution in [0, 0.1) is 11.6 Å². The van der Waals surface area contributed by atoms with Crippen molar-refractivity contribution in [1.29, 1.82) is 0 Å². The molecule has 1 aromatic heterocycles. The van der Waals surface area contributed by atoms with Gasteiger partial charge in [0.2, 0.25) is 5.78 Å². The van der Waals surface area contributed by atoms with Crippen LogP contribution in [-0.4, -0.2) is 17.4 Å². The maximum absolute atomic E-state index is 13.8. The van der Waals surface area contributed by atoms with Crippen LogP contribution < -0.4 is 16.2 Å². The lowest BCUT2D eigenvalue weighted by Gasteiger charge is -2.13. The van der Waals surface area contributed by atoms with Crippen molar-refractivity contribution in [3.05, 3.63) is 47.0 Å². The highest BCUT2D eigenvalue weighted by Crippen LogP contribution is 2.30. The first kappa shape index (κ1) is 16.7. The number of rotatable bonds is 6. The highest BCUT2D eigenvalue weighted by atomic mass is 19.1. The quantitative estimate of drug-likeness (QED) is 0.630. The predicted octanol–water partition coefficient (Wildman–Crippen LogP) is 2.93. The number of unbranched alkanes of at least 4 members (excludes halogenated alkanes) is 1. The molecule has 0 unspecified atom stereocenters. The third-order valence-corrected chi connectivity index (χ3v) is 3.20. The number of pyridine rings is 1. The monoisotopic (exact) mass is 321 g/mol. The van der Waals surface area contributed by atoms with Crippen LogP contribution in [-0.2, 0) is 0 Å². The van der Waals surface area contributed by atoms with Crippen molar-refractivity contribution in [2.45, 2.75) is 19.8 Å². The zero-order valence-corrected chi connectivity index (χ0v) is 12.6. The van der Waals surface area contributed by atoms with Crippen molar-refractivity contribution in [3.8, 4) is 5.75 Å². The molecule has 7 heteroatoms. The van der Waals surface area contributed by atoms with E-state index in [2.05, 4.69) is 4.98 Å². The fourth-order valence-corrected chi connectivity index (χ4v) is 2.07. The van der Waals surface area contributed by atoms with Crippen molar-refractivity contribution in [3.63, 3.8) is 0 Å². The average Bonchev–Trinajstić information content (AvgIpc) is 2.46. The van der Waals surface area contributed by atoms with E-state index in [1.165, 1.54) is 12.1 Å². The van der Waals surface area contributed by atoms with Gasteiger partial charge in [0, 0.05) is 6.07 Å². The van der Waals surface area contributed by atoms with Gasteiger partial charge in [0.25, 0.3) is 0 Å². The largest absolute Gasteiger partial charge is 0.493 e. The SMILES string of the molecule is CCCCOc1cc(N)nc(N)c1C(=O)c1c(F)cccc1F. The fourth-order valence-electron chi connectivity index (χ4n) is 2.07. The maximum atomic E-state index is 13.8. The van der Waals surface area contributed by atoms with Gasteiger partial charge in [-0.05, 0) is 18.6 Å². The molecular weight excluding hydrogens is 304 g/mol. The second-order valence-corrected chi connectivity index (χ2v) is 4.93. The molecule has 0 saturated carbocycles. The van der Waals surface area contributed by atoms with Crippen LogP contribution in [0.1, 0.15) is 35.7 Å². The smallest absolute Gasteiger partial charge is 0.206 e. The molecule has 1 heterocycles. The minimum Gasteiger partial charge on any atom is -0.493 e. The van der Waals surface area contributed by atoms with Crippen molar-refractivity contribution in [2.75, 3.05) is 18.1 Å². The molecule has 2 aromatic rings. The van der Waals surface area contributed by atoms with Gasteiger partial charge in [0.1, 0.15) is 34.6 Å². The van der Waals surface area contributed by atoms with Gasteiger partial charge in [-0.1, -0.05) is 19.4 Å². The van der Waals surface area contributed by atoms with E-state index in [4.69, 9.17) is 16.2 Å². The van der Waals surface area contributed by atoms with Crippen LogP contribution in [0.15, 0.2) is 24.3 Å². The third-order valence-electron chi connectivity index (χ3n) is 3.20. The van der Waals surface area contributed by atoms with Crippen LogP contribution in [0.3, 0.4) is 0 Å². The number of benzene rings is 1. The molecule has 0 radical (unpaired) electrons. The highest BCUT2D eigenvalue weighted by Gasteiger charge is 2.25. The minimum absolute atomic E-state index is 0.0551. The molecule has 4 N–H and O–H groups in total. The van der Waals surface area contributed by atoms with Gasteiger partial charge in [-0.25, -0.2) is 13.8 Å². The van der Waals surface area contributed by atoms with Crippen molar-refractivity contribution in [1.82, 2.24) is 4.98 Å². The van der Waals surface area contributed by atoms with E-state index in [-0.39, 0.29) is 22.9 Å². The maximum Gasteiger partial charge on any atom is 0.206 e. The van der Waals surface area contributed by atoms with Crippen LogP contribution >= 0.6 is 0 Å². The Balaban J connectivity index is 2.51. The van der Waals surface area contributed by atoms with Gasteiger partial charge in [-0.15, -0.1) is 0 Å². The lowest BCUT2D eigenvalue weighted by atomic mass is 10.0. The summed E-state index contributed by atoms with van der Waals surface area (Å²) in [5, 5.41) is 0. The van der Waals surface area contributed by atoms with Crippen LogP contribution in [0.4, 0.5) is 20.4 Å². The summed E-state index contributed by atoms with van der Waals surface area (Å²) >= 11 is 0. The average molecular weight is 321 g/mol. The number of hydrogen-bond acceptors (Lipinski definition) is 5. The summed E-state index contributed by atoms with van der Waals surface area (Å²) in [5.41, 5.74) is 10.4. The van der Waals surface area contributed by atoms with E-state index in [0.717, 1.165) is 25.0 Å². The normalized spacial score (nSPS) is 10.6. The van der Waals surface area contributed by atoms with Gasteiger partial charge < -0.3 is 16.2 Å². The number of halogens is 2. The van der Waals surface area contributed by atoms with E-state index in [1.807, 2.05) is 6.92 Å². The van der Waals surface area contributed by atoms with E-state index in [0.29, 0.717) is 6.61 Å². The molecule has 0 saturated heterocycles. The summed E-state index contributed by atoms with van der Waals surface area (Å²) < 4.78 is 33.2. The first-order valence-electron chi connectivity index (χ1n) is 7.13. The summed E-state index contributed by atoms with van der Waals surface area (Å²) in [6.07, 6.45) is 1.62. The van der Waals surface area contributed by atoms with E-state index in [1.54, 1.807) is 0 Å². The first-order valence-corrected chi connectivity index (χ1v) is 7.13. The molecule has 23 heavy (non-hydrogen) atoms. The molecule has 122 valence electrons. The molecular formula is C16H17F2N3O2. The Morgan fingerprint density at radius 3 is 2.48 bits per heavy atom. The molecule has 0 bridgehead atoms. The molecule has 1 aromatic carbocycles. The van der Waals surface area contributed by atoms with Crippen LogP contribution in [0.2, 0.25) is 0 Å². The van der Waals surface area contributed by atoms with Crippen LogP contribution in [0.5, 0.6) is 5.75 Å². The number of nitrogens with zero attached hydrogens (tertiary/aromatic N) is 1. The Kier molecular flexibility index (Phi) is 5.10. The van der Waals surface area contributed by atoms with Gasteiger partial charge in [-0.3, -0.25) is 4.79 Å². The fraction of sp³-hybridized carbons (Fsp3) is 0.250. The van der Waals surface area contributed by atoms with Crippen LogP contribution in [0.25, 0.3) is 0 Å². The number of anilines is 2. The third kappa shape index (κ3) is 3.56. The number of aromatic nitrogens is 1. The highest BCUT2D eigenvalue weighted by molar-refractivity contribution is 6.13. The lowest BCUT2D eigenvalue weighted by Crippen LogP contribution is -2.14. The summed E-state index contributed by atoms with van der Waals surface area (Å²) in [5.74, 6) is -3.01. The van der Waals surface area contributed by atoms with Gasteiger partial charge in [-0.2, -0.15) is 0 Å². The number of nitrogens with two attached hydrogens (primary N) is 2. The zero-order valence-electron chi connectivity index (χ0n) is 12.6. The first-order chi connectivity index (χ1) is 11.0. The second kappa shape index (κ2) is 7.04. The van der Waals surface area contributed by atoms with Gasteiger partial charge in [0.05, 0.1) is 12.2 Å². The summed E-state index contributed by atoms with van der Waals surface area (Å²) in [7, 11) is 0. The Morgan fingerprint density at radius 1 is 1.22 bits per heavy atom. The van der Waals surface area contributed by atoms with Crippen molar-refractivity contribution < 1.29 is 18.3 Å². The van der Waals surface area contributed by atoms with Crippen molar-refractivity contribution in [2.24, 2.45) is 0 Å². The van der Waals surface area contributed by atoms with E-state index >= 15 is 0 Å².